The number of benzene rings is 1. The standard InChI is InChI=1S/C22H28N6/c1-17-6-5-11-27(15-17)19-9-12-26(13-10-19)21-14-20(18-7-3-2-4-8-18)25-22-23-16-24-28(21)22/h2-4,7-8,14,16-17,19H,5-6,9-13,15H2,1H3/t17-/m0/s1. The van der Waals surface area contributed by atoms with Crippen LogP contribution in [0.25, 0.3) is 17.0 Å². The van der Waals surface area contributed by atoms with Gasteiger partial charge in [-0.1, -0.05) is 37.3 Å². The van der Waals surface area contributed by atoms with Crippen LogP contribution in [0.5, 0.6) is 0 Å². The number of fused-ring (bicyclic) bond motifs is 1. The Balaban J connectivity index is 1.38. The normalized spacial score (nSPS) is 22.0. The van der Waals surface area contributed by atoms with Crippen molar-refractivity contribution in [2.75, 3.05) is 31.1 Å². The van der Waals surface area contributed by atoms with Crippen molar-refractivity contribution in [3.8, 4) is 11.3 Å². The topological polar surface area (TPSA) is 49.6 Å². The van der Waals surface area contributed by atoms with Gasteiger partial charge in [0.15, 0.2) is 0 Å². The van der Waals surface area contributed by atoms with E-state index in [1.165, 1.54) is 38.8 Å². The third kappa shape index (κ3) is 3.37. The van der Waals surface area contributed by atoms with Gasteiger partial charge in [0, 0.05) is 37.3 Å². The molecule has 146 valence electrons. The fraction of sp³-hybridized carbons (Fsp3) is 0.500. The molecule has 5 rings (SSSR count). The quantitative estimate of drug-likeness (QED) is 0.700. The van der Waals surface area contributed by atoms with Crippen LogP contribution in [0.2, 0.25) is 0 Å². The molecular weight excluding hydrogens is 348 g/mol. The van der Waals surface area contributed by atoms with Crippen molar-refractivity contribution in [3.63, 3.8) is 0 Å². The first-order chi connectivity index (χ1) is 13.8. The lowest BCUT2D eigenvalue weighted by Gasteiger charge is -2.42. The van der Waals surface area contributed by atoms with E-state index >= 15 is 0 Å². The monoisotopic (exact) mass is 376 g/mol. The van der Waals surface area contributed by atoms with Crippen molar-refractivity contribution in [2.24, 2.45) is 5.92 Å². The lowest BCUT2D eigenvalue weighted by Crippen LogP contribution is -2.48. The van der Waals surface area contributed by atoms with Crippen LogP contribution in [-0.4, -0.2) is 56.7 Å². The molecule has 0 aliphatic carbocycles. The molecule has 0 bridgehead atoms. The van der Waals surface area contributed by atoms with Crippen LogP contribution in [0, 0.1) is 5.92 Å². The molecule has 0 amide bonds. The van der Waals surface area contributed by atoms with Gasteiger partial charge in [-0.2, -0.15) is 14.6 Å². The van der Waals surface area contributed by atoms with Crippen LogP contribution in [0.1, 0.15) is 32.6 Å². The largest absolute Gasteiger partial charge is 0.356 e. The fourth-order valence-corrected chi connectivity index (χ4v) is 4.80. The zero-order valence-electron chi connectivity index (χ0n) is 16.5. The van der Waals surface area contributed by atoms with Gasteiger partial charge in [-0.3, -0.25) is 4.90 Å². The number of likely N-dealkylation sites (tertiary alicyclic amines) is 1. The molecule has 6 nitrogen and oxygen atoms in total. The molecule has 28 heavy (non-hydrogen) atoms. The predicted molar refractivity (Wildman–Crippen MR) is 111 cm³/mol. The summed E-state index contributed by atoms with van der Waals surface area (Å²) < 4.78 is 1.88. The van der Waals surface area contributed by atoms with Crippen molar-refractivity contribution in [1.82, 2.24) is 24.5 Å². The molecule has 2 aromatic heterocycles. The van der Waals surface area contributed by atoms with Crippen LogP contribution >= 0.6 is 0 Å². The molecule has 6 heteroatoms. The van der Waals surface area contributed by atoms with E-state index in [0.717, 1.165) is 42.1 Å². The van der Waals surface area contributed by atoms with E-state index in [0.29, 0.717) is 5.78 Å². The number of hydrogen-bond acceptors (Lipinski definition) is 5. The Morgan fingerprint density at radius 1 is 1.00 bits per heavy atom. The summed E-state index contributed by atoms with van der Waals surface area (Å²) in [6.45, 7) is 7.05. The summed E-state index contributed by atoms with van der Waals surface area (Å²) in [5, 5.41) is 4.44. The highest BCUT2D eigenvalue weighted by Gasteiger charge is 2.28. The van der Waals surface area contributed by atoms with Crippen LogP contribution in [-0.2, 0) is 0 Å². The number of anilines is 1. The van der Waals surface area contributed by atoms with Gasteiger partial charge < -0.3 is 4.90 Å². The maximum absolute atomic E-state index is 4.71. The first-order valence-electron chi connectivity index (χ1n) is 10.5. The minimum atomic E-state index is 0.670. The highest BCUT2D eigenvalue weighted by Crippen LogP contribution is 2.28. The summed E-state index contributed by atoms with van der Waals surface area (Å²) in [7, 11) is 0. The summed E-state index contributed by atoms with van der Waals surface area (Å²) in [6.07, 6.45) is 6.77. The molecule has 2 aliphatic heterocycles. The highest BCUT2D eigenvalue weighted by molar-refractivity contribution is 5.65. The molecule has 2 saturated heterocycles. The van der Waals surface area contributed by atoms with Crippen molar-refractivity contribution >= 4 is 11.6 Å². The van der Waals surface area contributed by atoms with Gasteiger partial charge in [-0.25, -0.2) is 4.98 Å². The second kappa shape index (κ2) is 7.51. The average molecular weight is 377 g/mol. The molecule has 0 N–H and O–H groups in total. The molecule has 4 heterocycles. The van der Waals surface area contributed by atoms with Gasteiger partial charge in [0.25, 0.3) is 5.78 Å². The van der Waals surface area contributed by atoms with Crippen molar-refractivity contribution in [2.45, 2.75) is 38.6 Å². The SMILES string of the molecule is C[C@H]1CCCN(C2CCN(c3cc(-c4ccccc4)nc4ncnn34)CC2)C1. The van der Waals surface area contributed by atoms with Crippen LogP contribution in [0.15, 0.2) is 42.7 Å². The van der Waals surface area contributed by atoms with Crippen LogP contribution in [0.4, 0.5) is 5.82 Å². The van der Waals surface area contributed by atoms with Gasteiger partial charge in [0.05, 0.1) is 5.69 Å². The van der Waals surface area contributed by atoms with Crippen molar-refractivity contribution in [1.29, 1.82) is 0 Å². The maximum atomic E-state index is 4.71. The smallest absolute Gasteiger partial charge is 0.254 e. The Morgan fingerprint density at radius 2 is 1.82 bits per heavy atom. The minimum absolute atomic E-state index is 0.670. The van der Waals surface area contributed by atoms with E-state index in [1.807, 2.05) is 10.6 Å². The first-order valence-corrected chi connectivity index (χ1v) is 10.5. The van der Waals surface area contributed by atoms with Crippen LogP contribution < -0.4 is 4.90 Å². The molecule has 2 aliphatic rings. The van der Waals surface area contributed by atoms with E-state index in [9.17, 15) is 0 Å². The van der Waals surface area contributed by atoms with Crippen molar-refractivity contribution in [3.05, 3.63) is 42.7 Å². The molecule has 3 aromatic rings. The Morgan fingerprint density at radius 3 is 2.61 bits per heavy atom. The molecule has 2 fully saturated rings. The fourth-order valence-electron chi connectivity index (χ4n) is 4.80. The Hall–Kier alpha value is -2.47. The molecule has 0 saturated carbocycles. The first kappa shape index (κ1) is 17.6. The third-order valence-corrected chi connectivity index (χ3v) is 6.30. The summed E-state index contributed by atoms with van der Waals surface area (Å²) in [5.41, 5.74) is 2.08. The van der Waals surface area contributed by atoms with Gasteiger partial charge in [0.1, 0.15) is 12.1 Å². The lowest BCUT2D eigenvalue weighted by atomic mass is 9.95. The lowest BCUT2D eigenvalue weighted by molar-refractivity contribution is 0.112. The Kier molecular flexibility index (Phi) is 4.72. The molecular formula is C22H28N6. The number of aromatic nitrogens is 4. The molecule has 0 radical (unpaired) electrons. The number of hydrogen-bond donors (Lipinski definition) is 0. The second-order valence-electron chi connectivity index (χ2n) is 8.30. The Bertz CT molecular complexity index is 929. The number of rotatable bonds is 3. The average Bonchev–Trinajstić information content (AvgIpc) is 3.23. The molecule has 1 atom stereocenters. The summed E-state index contributed by atoms with van der Waals surface area (Å²) in [5.74, 6) is 2.62. The maximum Gasteiger partial charge on any atom is 0.254 e. The van der Waals surface area contributed by atoms with Gasteiger partial charge in [-0.15, -0.1) is 0 Å². The van der Waals surface area contributed by atoms with E-state index in [-0.39, 0.29) is 0 Å². The highest BCUT2D eigenvalue weighted by atomic mass is 15.4. The van der Waals surface area contributed by atoms with E-state index < -0.39 is 0 Å². The zero-order chi connectivity index (χ0) is 18.9. The number of piperidine rings is 2. The molecule has 0 spiro atoms. The third-order valence-electron chi connectivity index (χ3n) is 6.30. The van der Waals surface area contributed by atoms with E-state index in [2.05, 4.69) is 57.1 Å². The summed E-state index contributed by atoms with van der Waals surface area (Å²) in [4.78, 5) is 14.3. The number of nitrogens with zero attached hydrogens (tertiary/aromatic N) is 6. The molecule has 0 unspecified atom stereocenters. The Labute approximate surface area is 166 Å². The predicted octanol–water partition coefficient (Wildman–Crippen LogP) is 3.49. The van der Waals surface area contributed by atoms with E-state index in [4.69, 9.17) is 4.98 Å². The van der Waals surface area contributed by atoms with Crippen molar-refractivity contribution < 1.29 is 0 Å². The van der Waals surface area contributed by atoms with Gasteiger partial charge >= 0.3 is 0 Å². The van der Waals surface area contributed by atoms with Crippen LogP contribution in [0.3, 0.4) is 0 Å². The second-order valence-corrected chi connectivity index (χ2v) is 8.30. The van der Waals surface area contributed by atoms with E-state index in [1.54, 1.807) is 6.33 Å². The minimum Gasteiger partial charge on any atom is -0.356 e. The van der Waals surface area contributed by atoms with Gasteiger partial charge in [0.2, 0.25) is 0 Å². The zero-order valence-corrected chi connectivity index (χ0v) is 16.5. The summed E-state index contributed by atoms with van der Waals surface area (Å²) >= 11 is 0. The summed E-state index contributed by atoms with van der Waals surface area (Å²) in [6, 6.07) is 13.2. The van der Waals surface area contributed by atoms with Gasteiger partial charge in [-0.05, 0) is 38.1 Å². The molecule has 1 aromatic carbocycles.